The van der Waals surface area contributed by atoms with Crippen LogP contribution in [0.2, 0.25) is 0 Å². The van der Waals surface area contributed by atoms with Crippen molar-refractivity contribution in [3.05, 3.63) is 12.7 Å². The Hall–Kier alpha value is -0.430. The molecule has 4 atom stereocenters. The molecule has 1 heterocycles. The Morgan fingerprint density at radius 3 is 3.00 bits per heavy atom. The monoisotopic (exact) mass is 197 g/mol. The Morgan fingerprint density at radius 2 is 2.31 bits per heavy atom. The topological polar surface area (TPSA) is 30.7 Å². The van der Waals surface area contributed by atoms with Crippen molar-refractivity contribution in [1.82, 2.24) is 14.8 Å². The van der Waals surface area contributed by atoms with E-state index in [-0.39, 0.29) is 0 Å². The Labute approximate surface area is 81.1 Å². The maximum atomic E-state index is 4.22. The van der Waals surface area contributed by atoms with Crippen LogP contribution in [0.5, 0.6) is 0 Å². The van der Waals surface area contributed by atoms with E-state index in [1.165, 1.54) is 19.3 Å². The Bertz CT molecular complexity index is 260. The summed E-state index contributed by atoms with van der Waals surface area (Å²) in [5.74, 6) is 0.825. The second-order valence-corrected chi connectivity index (χ2v) is 4.88. The van der Waals surface area contributed by atoms with E-state index in [9.17, 15) is 0 Å². The van der Waals surface area contributed by atoms with E-state index in [0.717, 1.165) is 5.92 Å². The number of hydrogen-bond acceptors (Lipinski definition) is 2. The Balaban J connectivity index is 2.12. The molecule has 0 bridgehead atoms. The molecule has 1 fully saturated rings. The van der Waals surface area contributed by atoms with Crippen molar-refractivity contribution < 1.29 is 0 Å². The van der Waals surface area contributed by atoms with Crippen molar-refractivity contribution in [2.24, 2.45) is 5.92 Å². The summed E-state index contributed by atoms with van der Waals surface area (Å²) in [5, 5.41) is 4.22. The van der Waals surface area contributed by atoms with E-state index in [2.05, 4.69) is 26.2 Å². The van der Waals surface area contributed by atoms with Crippen LogP contribution in [0.15, 0.2) is 12.7 Å². The summed E-state index contributed by atoms with van der Waals surface area (Å²) in [6, 6.07) is 0.538. The van der Waals surface area contributed by atoms with Gasteiger partial charge in [0.2, 0.25) is 0 Å². The predicted octanol–water partition coefficient (Wildman–Crippen LogP) is 1.88. The molecule has 13 heavy (non-hydrogen) atoms. The zero-order valence-electron chi connectivity index (χ0n) is 7.93. The molecule has 1 aromatic heterocycles. The molecular formula is C9H16N3P. The fourth-order valence-corrected chi connectivity index (χ4v) is 2.59. The molecule has 1 aliphatic carbocycles. The zero-order chi connectivity index (χ0) is 9.26. The van der Waals surface area contributed by atoms with Gasteiger partial charge < -0.3 is 0 Å². The van der Waals surface area contributed by atoms with Gasteiger partial charge in [-0.2, -0.15) is 5.10 Å². The summed E-state index contributed by atoms with van der Waals surface area (Å²) in [4.78, 5) is 4.00. The maximum Gasteiger partial charge on any atom is 0.137 e. The molecule has 4 heteroatoms. The van der Waals surface area contributed by atoms with Gasteiger partial charge >= 0.3 is 0 Å². The van der Waals surface area contributed by atoms with Crippen molar-refractivity contribution >= 4 is 9.24 Å². The summed E-state index contributed by atoms with van der Waals surface area (Å²) >= 11 is 0. The SMILES string of the molecule is CC1CCC(P)C(n2cncn2)C1. The highest BCUT2D eigenvalue weighted by atomic mass is 31.0. The number of hydrogen-bond donors (Lipinski definition) is 0. The average Bonchev–Trinajstić information content (AvgIpc) is 2.61. The van der Waals surface area contributed by atoms with Gasteiger partial charge in [0.05, 0.1) is 6.04 Å². The van der Waals surface area contributed by atoms with Crippen molar-refractivity contribution in [3.63, 3.8) is 0 Å². The first-order valence-corrected chi connectivity index (χ1v) is 5.53. The normalized spacial score (nSPS) is 34.8. The van der Waals surface area contributed by atoms with Gasteiger partial charge in [-0.3, -0.25) is 0 Å². The van der Waals surface area contributed by atoms with Crippen molar-refractivity contribution in [3.8, 4) is 0 Å². The lowest BCUT2D eigenvalue weighted by Gasteiger charge is -2.32. The summed E-state index contributed by atoms with van der Waals surface area (Å²) in [6.45, 7) is 2.32. The molecule has 0 saturated heterocycles. The third-order valence-corrected chi connectivity index (χ3v) is 3.68. The fourth-order valence-electron chi connectivity index (χ4n) is 2.07. The lowest BCUT2D eigenvalue weighted by molar-refractivity contribution is 0.274. The van der Waals surface area contributed by atoms with Gasteiger partial charge in [-0.05, 0) is 30.8 Å². The lowest BCUT2D eigenvalue weighted by atomic mass is 9.87. The van der Waals surface area contributed by atoms with E-state index in [4.69, 9.17) is 0 Å². The first-order chi connectivity index (χ1) is 6.27. The molecule has 0 spiro atoms. The quantitative estimate of drug-likeness (QED) is 0.643. The van der Waals surface area contributed by atoms with E-state index in [1.54, 1.807) is 6.33 Å². The summed E-state index contributed by atoms with van der Waals surface area (Å²) < 4.78 is 2.01. The van der Waals surface area contributed by atoms with Crippen LogP contribution in [0.3, 0.4) is 0 Å². The first kappa shape index (κ1) is 9.14. The van der Waals surface area contributed by atoms with E-state index in [0.29, 0.717) is 11.7 Å². The van der Waals surface area contributed by atoms with Crippen LogP contribution in [0.1, 0.15) is 32.2 Å². The second-order valence-electron chi connectivity index (χ2n) is 4.02. The van der Waals surface area contributed by atoms with Crippen LogP contribution < -0.4 is 0 Å². The summed E-state index contributed by atoms with van der Waals surface area (Å²) in [7, 11) is 2.94. The van der Waals surface area contributed by atoms with E-state index < -0.39 is 0 Å². The third-order valence-electron chi connectivity index (χ3n) is 2.91. The third kappa shape index (κ3) is 1.91. The molecule has 3 nitrogen and oxygen atoms in total. The summed E-state index contributed by atoms with van der Waals surface area (Å²) in [6.07, 6.45) is 7.32. The van der Waals surface area contributed by atoms with Gasteiger partial charge in [0.1, 0.15) is 12.7 Å². The van der Waals surface area contributed by atoms with Gasteiger partial charge in [0, 0.05) is 0 Å². The van der Waals surface area contributed by atoms with Crippen LogP contribution in [0.4, 0.5) is 0 Å². The molecule has 0 amide bonds. The molecule has 72 valence electrons. The van der Waals surface area contributed by atoms with Crippen LogP contribution in [0, 0.1) is 5.92 Å². The number of rotatable bonds is 1. The average molecular weight is 197 g/mol. The van der Waals surface area contributed by atoms with Crippen molar-refractivity contribution in [2.45, 2.75) is 37.9 Å². The molecule has 1 aliphatic rings. The maximum absolute atomic E-state index is 4.22. The molecule has 4 unspecified atom stereocenters. The Kier molecular flexibility index (Phi) is 2.63. The molecular weight excluding hydrogens is 181 g/mol. The highest BCUT2D eigenvalue weighted by Crippen LogP contribution is 2.36. The molecule has 0 radical (unpaired) electrons. The smallest absolute Gasteiger partial charge is 0.137 e. The largest absolute Gasteiger partial charge is 0.249 e. The van der Waals surface area contributed by atoms with Crippen LogP contribution in [-0.4, -0.2) is 20.4 Å². The number of nitrogens with zero attached hydrogens (tertiary/aromatic N) is 3. The van der Waals surface area contributed by atoms with Gasteiger partial charge in [-0.1, -0.05) is 6.92 Å². The predicted molar refractivity (Wildman–Crippen MR) is 55.6 cm³/mol. The standard InChI is InChI=1S/C9H16N3P/c1-7-2-3-9(13)8(4-7)12-6-10-5-11-12/h5-9H,2-4,13H2,1H3. The minimum atomic E-state index is 0.538. The van der Waals surface area contributed by atoms with E-state index >= 15 is 0 Å². The Morgan fingerprint density at radius 1 is 1.46 bits per heavy atom. The minimum Gasteiger partial charge on any atom is -0.249 e. The summed E-state index contributed by atoms with van der Waals surface area (Å²) in [5.41, 5.74) is 0.665. The van der Waals surface area contributed by atoms with Crippen LogP contribution >= 0.6 is 9.24 Å². The zero-order valence-corrected chi connectivity index (χ0v) is 9.08. The van der Waals surface area contributed by atoms with Crippen molar-refractivity contribution in [1.29, 1.82) is 0 Å². The van der Waals surface area contributed by atoms with Gasteiger partial charge in [0.15, 0.2) is 0 Å². The van der Waals surface area contributed by atoms with E-state index in [1.807, 2.05) is 11.0 Å². The van der Waals surface area contributed by atoms with Gasteiger partial charge in [-0.25, -0.2) is 9.67 Å². The molecule has 0 aromatic carbocycles. The van der Waals surface area contributed by atoms with Gasteiger partial charge in [-0.15, -0.1) is 9.24 Å². The minimum absolute atomic E-state index is 0.538. The van der Waals surface area contributed by atoms with Crippen LogP contribution in [0.25, 0.3) is 0 Å². The second kappa shape index (κ2) is 3.75. The highest BCUT2D eigenvalue weighted by Gasteiger charge is 2.27. The fraction of sp³-hybridized carbons (Fsp3) is 0.778. The molecule has 0 aliphatic heterocycles. The highest BCUT2D eigenvalue weighted by molar-refractivity contribution is 7.17. The molecule has 0 N–H and O–H groups in total. The van der Waals surface area contributed by atoms with Gasteiger partial charge in [0.25, 0.3) is 0 Å². The van der Waals surface area contributed by atoms with Crippen molar-refractivity contribution in [2.75, 3.05) is 0 Å². The number of aromatic nitrogens is 3. The molecule has 1 aromatic rings. The lowest BCUT2D eigenvalue weighted by Crippen LogP contribution is -2.27. The first-order valence-electron chi connectivity index (χ1n) is 4.87. The molecule has 2 rings (SSSR count). The van der Waals surface area contributed by atoms with Crippen LogP contribution in [-0.2, 0) is 0 Å². The molecule has 1 saturated carbocycles.